The van der Waals surface area contributed by atoms with Gasteiger partial charge in [0.05, 0.1) is 21.2 Å². The van der Waals surface area contributed by atoms with Gasteiger partial charge in [-0.05, 0) is 55.3 Å². The van der Waals surface area contributed by atoms with Crippen molar-refractivity contribution in [1.29, 1.82) is 0 Å². The summed E-state index contributed by atoms with van der Waals surface area (Å²) >= 11 is 0. The number of hydrogen-bond donors (Lipinski definition) is 0. The molecule has 0 unspecified atom stereocenters. The first-order valence-electron chi connectivity index (χ1n) is 10.6. The molecule has 6 rings (SSSR count). The maximum absolute atomic E-state index is 14.4. The Kier molecular flexibility index (Phi) is 4.19. The number of hydrogen-bond acceptors (Lipinski definition) is 6. The molecule has 0 saturated carbocycles. The third-order valence-corrected chi connectivity index (χ3v) is 11.8. The number of fused-ring (bicyclic) bond motifs is 2. The predicted molar refractivity (Wildman–Crippen MR) is 128 cm³/mol. The average Bonchev–Trinajstić information content (AvgIpc) is 3.24. The Morgan fingerprint density at radius 1 is 0.667 bits per heavy atom. The molecule has 2 heterocycles. The molecule has 0 N–H and O–H groups in total. The van der Waals surface area contributed by atoms with Crippen molar-refractivity contribution >= 4 is 36.7 Å². The lowest BCUT2D eigenvalue weighted by Gasteiger charge is -2.41. The molecule has 3 aromatic carbocycles. The molecule has 0 radical (unpaired) electrons. The van der Waals surface area contributed by atoms with Crippen LogP contribution in [0.1, 0.15) is 12.8 Å². The zero-order chi connectivity index (χ0) is 22.8. The lowest BCUT2D eigenvalue weighted by Crippen LogP contribution is -2.62. The average molecular weight is 477 g/mol. The third kappa shape index (κ3) is 2.37. The number of rotatable bonds is 2. The van der Waals surface area contributed by atoms with E-state index in [-0.39, 0.29) is 9.79 Å². The Labute approximate surface area is 192 Å². The van der Waals surface area contributed by atoms with Gasteiger partial charge in [-0.2, -0.15) is 0 Å². The summed E-state index contributed by atoms with van der Waals surface area (Å²) in [6, 6.07) is 21.9. The van der Waals surface area contributed by atoms with Gasteiger partial charge < -0.3 is 0 Å². The molecule has 33 heavy (non-hydrogen) atoms. The summed E-state index contributed by atoms with van der Waals surface area (Å²) < 4.78 is 55.3. The molecule has 1 spiro atoms. The van der Waals surface area contributed by atoms with E-state index in [4.69, 9.17) is 0 Å². The highest BCUT2D eigenvalue weighted by Crippen LogP contribution is 2.61. The summed E-state index contributed by atoms with van der Waals surface area (Å²) in [4.78, 5) is 2.67. The zero-order valence-corrected chi connectivity index (χ0v) is 19.1. The molecule has 8 heteroatoms. The Morgan fingerprint density at radius 2 is 1.21 bits per heavy atom. The summed E-state index contributed by atoms with van der Waals surface area (Å²) in [5, 5.41) is 0. The highest BCUT2D eigenvalue weighted by molar-refractivity contribution is 8.13. The summed E-state index contributed by atoms with van der Waals surface area (Å²) in [5.74, 6) is 0. The van der Waals surface area contributed by atoms with Gasteiger partial charge in [-0.3, -0.25) is 9.80 Å². The van der Waals surface area contributed by atoms with Crippen molar-refractivity contribution in [3.63, 3.8) is 0 Å². The number of allylic oxidation sites excluding steroid dienone is 4. The standard InChI is InChI=1S/C25H20N2O4S2/c28-32(29)23-17-9-10-18-24(23)33(30,31)25(32)26(19-11-3-1-4-12-19)21-15-7-8-16-22(21)27(25)20-13-5-2-6-14-20/h1-5,7-13,15-18H,6,14H2. The minimum Gasteiger partial charge on any atom is -0.293 e. The summed E-state index contributed by atoms with van der Waals surface area (Å²) in [6.07, 6.45) is 6.86. The van der Waals surface area contributed by atoms with Crippen molar-refractivity contribution < 1.29 is 16.8 Å². The van der Waals surface area contributed by atoms with E-state index < -0.39 is 24.0 Å². The van der Waals surface area contributed by atoms with Gasteiger partial charge in [0.2, 0.25) is 19.7 Å². The molecule has 0 amide bonds. The van der Waals surface area contributed by atoms with Gasteiger partial charge in [-0.25, -0.2) is 16.8 Å². The second kappa shape index (κ2) is 6.82. The SMILES string of the molecule is O=S1(=O)c2ccccc2S(=O)(=O)C12N(C1=CC=CCC1)c1ccccc1N2c1ccccc1. The number of sulfone groups is 2. The fourth-order valence-electron chi connectivity index (χ4n) is 5.04. The molecule has 0 fully saturated rings. The van der Waals surface area contributed by atoms with Gasteiger partial charge in [0.1, 0.15) is 0 Å². The molecular formula is C25H20N2O4S2. The first kappa shape index (κ1) is 20.3. The number of nitrogens with zero attached hydrogens (tertiary/aromatic N) is 2. The van der Waals surface area contributed by atoms with Crippen molar-refractivity contribution in [2.24, 2.45) is 0 Å². The molecule has 0 bridgehead atoms. The molecule has 3 aliphatic rings. The van der Waals surface area contributed by atoms with Crippen LogP contribution in [0.4, 0.5) is 17.1 Å². The molecule has 6 nitrogen and oxygen atoms in total. The second-order valence-corrected chi connectivity index (χ2v) is 12.4. The molecule has 0 saturated heterocycles. The van der Waals surface area contributed by atoms with Crippen LogP contribution in [-0.4, -0.2) is 21.2 Å². The van der Waals surface area contributed by atoms with Gasteiger partial charge >= 0.3 is 4.33 Å². The highest BCUT2D eigenvalue weighted by Gasteiger charge is 2.74. The van der Waals surface area contributed by atoms with Crippen LogP contribution in [-0.2, 0) is 19.7 Å². The van der Waals surface area contributed by atoms with E-state index in [0.29, 0.717) is 35.6 Å². The summed E-state index contributed by atoms with van der Waals surface area (Å²) in [5.41, 5.74) is 2.20. The Balaban J connectivity index is 1.81. The van der Waals surface area contributed by atoms with E-state index in [9.17, 15) is 16.8 Å². The van der Waals surface area contributed by atoms with Gasteiger partial charge in [0, 0.05) is 11.4 Å². The number of anilines is 3. The van der Waals surface area contributed by atoms with Gasteiger partial charge in [-0.15, -0.1) is 0 Å². The Hall–Kier alpha value is -3.36. The molecule has 3 aromatic rings. The summed E-state index contributed by atoms with van der Waals surface area (Å²) in [7, 11) is -8.84. The number of benzene rings is 3. The quantitative estimate of drug-likeness (QED) is 0.531. The second-order valence-electron chi connectivity index (χ2n) is 8.12. The van der Waals surface area contributed by atoms with E-state index >= 15 is 0 Å². The van der Waals surface area contributed by atoms with Gasteiger partial charge in [0.25, 0.3) is 0 Å². The van der Waals surface area contributed by atoms with Crippen LogP contribution in [0.5, 0.6) is 0 Å². The normalized spacial score (nSPS) is 21.0. The van der Waals surface area contributed by atoms with Crippen molar-refractivity contribution in [3.8, 4) is 0 Å². The maximum Gasteiger partial charge on any atom is 0.338 e. The van der Waals surface area contributed by atoms with E-state index in [1.807, 2.05) is 24.3 Å². The predicted octanol–water partition coefficient (Wildman–Crippen LogP) is 4.75. The topological polar surface area (TPSA) is 74.8 Å². The van der Waals surface area contributed by atoms with E-state index in [0.717, 1.165) is 0 Å². The monoisotopic (exact) mass is 476 g/mol. The van der Waals surface area contributed by atoms with Crippen LogP contribution in [0.3, 0.4) is 0 Å². The number of para-hydroxylation sites is 3. The molecular weight excluding hydrogens is 456 g/mol. The first-order chi connectivity index (χ1) is 15.9. The van der Waals surface area contributed by atoms with Crippen LogP contribution in [0.15, 0.2) is 113 Å². The maximum atomic E-state index is 14.4. The lowest BCUT2D eigenvalue weighted by atomic mass is 10.1. The van der Waals surface area contributed by atoms with E-state index in [1.165, 1.54) is 21.9 Å². The van der Waals surface area contributed by atoms with Crippen molar-refractivity contribution in [1.82, 2.24) is 0 Å². The van der Waals surface area contributed by atoms with Crippen molar-refractivity contribution in [2.45, 2.75) is 27.0 Å². The van der Waals surface area contributed by atoms with Crippen LogP contribution in [0.2, 0.25) is 0 Å². The zero-order valence-electron chi connectivity index (χ0n) is 17.5. The third-order valence-electron chi connectivity index (χ3n) is 6.35. The first-order valence-corrected chi connectivity index (χ1v) is 13.6. The largest absolute Gasteiger partial charge is 0.338 e. The van der Waals surface area contributed by atoms with E-state index in [2.05, 4.69) is 0 Å². The molecule has 2 aliphatic heterocycles. The Morgan fingerprint density at radius 3 is 1.79 bits per heavy atom. The van der Waals surface area contributed by atoms with Gasteiger partial charge in [0.15, 0.2) is 0 Å². The van der Waals surface area contributed by atoms with Crippen molar-refractivity contribution in [3.05, 3.63) is 103 Å². The molecule has 0 atom stereocenters. The van der Waals surface area contributed by atoms with Crippen LogP contribution >= 0.6 is 0 Å². The molecule has 166 valence electrons. The van der Waals surface area contributed by atoms with Gasteiger partial charge in [-0.1, -0.05) is 54.6 Å². The van der Waals surface area contributed by atoms with E-state index in [1.54, 1.807) is 60.7 Å². The highest BCUT2D eigenvalue weighted by atomic mass is 32.3. The lowest BCUT2D eigenvalue weighted by molar-refractivity contribution is 0.549. The fourth-order valence-corrected chi connectivity index (χ4v) is 11.0. The molecule has 1 aliphatic carbocycles. The minimum atomic E-state index is -4.42. The molecule has 0 aromatic heterocycles. The van der Waals surface area contributed by atoms with Crippen LogP contribution < -0.4 is 9.80 Å². The van der Waals surface area contributed by atoms with Crippen molar-refractivity contribution in [2.75, 3.05) is 9.80 Å². The van der Waals surface area contributed by atoms with Crippen LogP contribution in [0.25, 0.3) is 0 Å². The smallest absolute Gasteiger partial charge is 0.293 e. The fraction of sp³-hybridized carbons (Fsp3) is 0.120. The summed E-state index contributed by atoms with van der Waals surface area (Å²) in [6.45, 7) is 0. The minimum absolute atomic E-state index is 0.171. The van der Waals surface area contributed by atoms with Crippen LogP contribution in [0, 0.1) is 0 Å². The Bertz CT molecular complexity index is 1510.